The van der Waals surface area contributed by atoms with Gasteiger partial charge in [-0.15, -0.1) is 0 Å². The van der Waals surface area contributed by atoms with Gasteiger partial charge in [-0.1, -0.05) is 0 Å². The second kappa shape index (κ2) is 2.95. The van der Waals surface area contributed by atoms with E-state index in [0.717, 1.165) is 6.54 Å². The summed E-state index contributed by atoms with van der Waals surface area (Å²) in [6, 6.07) is 4.06. The van der Waals surface area contributed by atoms with E-state index in [9.17, 15) is 0 Å². The highest BCUT2D eigenvalue weighted by Gasteiger charge is 1.97. The molecule has 0 bridgehead atoms. The molecule has 2 aromatic heterocycles. The summed E-state index contributed by atoms with van der Waals surface area (Å²) in [7, 11) is 0. The van der Waals surface area contributed by atoms with E-state index in [0.29, 0.717) is 6.54 Å². The van der Waals surface area contributed by atoms with E-state index in [2.05, 4.69) is 15.6 Å². The average Bonchev–Trinajstić information content (AvgIpc) is 2.50. The van der Waals surface area contributed by atoms with Crippen molar-refractivity contribution >= 4 is 10.9 Å². The Morgan fingerprint density at radius 1 is 1.42 bits per heavy atom. The number of pyridine rings is 1. The Kier molecular flexibility index (Phi) is 1.80. The molecule has 0 aliphatic rings. The lowest BCUT2D eigenvalue weighted by molar-refractivity contribution is 0.735. The first-order valence-corrected chi connectivity index (χ1v) is 4.01. The molecule has 0 aliphatic heterocycles. The van der Waals surface area contributed by atoms with Gasteiger partial charge in [-0.3, -0.25) is 4.98 Å². The van der Waals surface area contributed by atoms with Crippen molar-refractivity contribution in [3.8, 4) is 0 Å². The van der Waals surface area contributed by atoms with Gasteiger partial charge in [-0.25, -0.2) is 0 Å². The first kappa shape index (κ1) is 7.31. The minimum atomic E-state index is 0.673. The van der Waals surface area contributed by atoms with Crippen LogP contribution in [-0.2, 0) is 6.54 Å². The third-order valence-corrected chi connectivity index (χ3v) is 1.94. The lowest BCUT2D eigenvalue weighted by atomic mass is 10.3. The van der Waals surface area contributed by atoms with Gasteiger partial charge in [0.25, 0.3) is 0 Å². The Hall–Kier alpha value is -1.35. The summed E-state index contributed by atoms with van der Waals surface area (Å²) in [5, 5.41) is 1.17. The van der Waals surface area contributed by atoms with Crippen molar-refractivity contribution in [1.29, 1.82) is 0 Å². The van der Waals surface area contributed by atoms with Gasteiger partial charge in [-0.05, 0) is 12.1 Å². The number of fused-ring (bicyclic) bond motifs is 1. The van der Waals surface area contributed by atoms with Gasteiger partial charge in [0.1, 0.15) is 0 Å². The van der Waals surface area contributed by atoms with Crippen LogP contribution in [0, 0.1) is 0 Å². The molecule has 0 unspecified atom stereocenters. The van der Waals surface area contributed by atoms with Crippen molar-refractivity contribution in [2.75, 3.05) is 6.54 Å². The molecule has 3 nitrogen and oxygen atoms in total. The Morgan fingerprint density at radius 3 is 3.17 bits per heavy atom. The van der Waals surface area contributed by atoms with Crippen LogP contribution in [0.25, 0.3) is 10.9 Å². The molecule has 12 heavy (non-hydrogen) atoms. The van der Waals surface area contributed by atoms with Crippen molar-refractivity contribution in [2.24, 2.45) is 5.73 Å². The maximum absolute atomic E-state index is 5.47. The fraction of sp³-hybridized carbons (Fsp3) is 0.222. The Balaban J connectivity index is 2.55. The molecule has 0 aliphatic carbocycles. The molecule has 0 aromatic carbocycles. The van der Waals surface area contributed by atoms with Crippen LogP contribution in [0.4, 0.5) is 0 Å². The van der Waals surface area contributed by atoms with E-state index in [1.54, 1.807) is 6.20 Å². The van der Waals surface area contributed by atoms with Crippen LogP contribution in [-0.4, -0.2) is 16.1 Å². The molecule has 0 amide bonds. The van der Waals surface area contributed by atoms with E-state index in [4.69, 9.17) is 5.73 Å². The highest BCUT2D eigenvalue weighted by molar-refractivity contribution is 5.78. The zero-order valence-corrected chi connectivity index (χ0v) is 6.77. The molecule has 2 N–H and O–H groups in total. The molecule has 0 atom stereocenters. The van der Waals surface area contributed by atoms with Crippen LogP contribution in [0.2, 0.25) is 0 Å². The molecule has 3 heteroatoms. The number of nitrogens with zero attached hydrogens (tertiary/aromatic N) is 2. The minimum Gasteiger partial charge on any atom is -0.346 e. The van der Waals surface area contributed by atoms with Crippen LogP contribution >= 0.6 is 0 Å². The highest BCUT2D eigenvalue weighted by Crippen LogP contribution is 2.12. The number of hydrogen-bond donors (Lipinski definition) is 1. The van der Waals surface area contributed by atoms with Crippen LogP contribution in [0.15, 0.2) is 30.7 Å². The fourth-order valence-corrected chi connectivity index (χ4v) is 1.37. The Labute approximate surface area is 70.8 Å². The highest BCUT2D eigenvalue weighted by atomic mass is 15.0. The van der Waals surface area contributed by atoms with Crippen molar-refractivity contribution in [1.82, 2.24) is 9.55 Å². The fourth-order valence-electron chi connectivity index (χ4n) is 1.37. The smallest absolute Gasteiger partial charge is 0.0511 e. The van der Waals surface area contributed by atoms with Gasteiger partial charge in [0.15, 0.2) is 0 Å². The topological polar surface area (TPSA) is 43.8 Å². The van der Waals surface area contributed by atoms with Crippen molar-refractivity contribution in [2.45, 2.75) is 6.54 Å². The molecule has 0 spiro atoms. The zero-order valence-electron chi connectivity index (χ0n) is 6.77. The van der Waals surface area contributed by atoms with Crippen LogP contribution in [0.3, 0.4) is 0 Å². The van der Waals surface area contributed by atoms with Crippen LogP contribution in [0.1, 0.15) is 0 Å². The first-order valence-electron chi connectivity index (χ1n) is 4.01. The minimum absolute atomic E-state index is 0.673. The first-order chi connectivity index (χ1) is 5.92. The molecule has 0 radical (unpaired) electrons. The van der Waals surface area contributed by atoms with E-state index >= 15 is 0 Å². The maximum atomic E-state index is 5.47. The molecule has 0 saturated heterocycles. The number of hydrogen-bond acceptors (Lipinski definition) is 2. The van der Waals surface area contributed by atoms with Gasteiger partial charge in [-0.2, -0.15) is 0 Å². The van der Waals surface area contributed by atoms with Crippen LogP contribution < -0.4 is 5.73 Å². The van der Waals surface area contributed by atoms with E-state index < -0.39 is 0 Å². The van der Waals surface area contributed by atoms with Crippen molar-refractivity contribution in [3.63, 3.8) is 0 Å². The SMILES string of the molecule is NCCn1ccc2cnccc21. The Morgan fingerprint density at radius 2 is 2.33 bits per heavy atom. The summed E-state index contributed by atoms with van der Waals surface area (Å²) in [5.41, 5.74) is 6.68. The summed E-state index contributed by atoms with van der Waals surface area (Å²) in [6.45, 7) is 1.54. The second-order valence-corrected chi connectivity index (χ2v) is 2.73. The number of rotatable bonds is 2. The lowest BCUT2D eigenvalue weighted by Crippen LogP contribution is -2.08. The van der Waals surface area contributed by atoms with E-state index in [1.165, 1.54) is 10.9 Å². The molecule has 0 saturated carbocycles. The summed E-state index contributed by atoms with van der Waals surface area (Å²) in [4.78, 5) is 4.04. The molecule has 2 heterocycles. The molecule has 2 rings (SSSR count). The predicted octanol–water partition coefficient (Wildman–Crippen LogP) is 0.995. The van der Waals surface area contributed by atoms with Crippen molar-refractivity contribution in [3.05, 3.63) is 30.7 Å². The lowest BCUT2D eigenvalue weighted by Gasteiger charge is -2.00. The summed E-state index contributed by atoms with van der Waals surface area (Å²) in [5.74, 6) is 0. The second-order valence-electron chi connectivity index (χ2n) is 2.73. The molecular formula is C9H11N3. The van der Waals surface area contributed by atoms with E-state index in [-0.39, 0.29) is 0 Å². The molecule has 0 fully saturated rings. The van der Waals surface area contributed by atoms with Crippen LogP contribution in [0.5, 0.6) is 0 Å². The molecular weight excluding hydrogens is 150 g/mol. The number of aromatic nitrogens is 2. The maximum Gasteiger partial charge on any atom is 0.0511 e. The quantitative estimate of drug-likeness (QED) is 0.714. The van der Waals surface area contributed by atoms with Crippen molar-refractivity contribution < 1.29 is 0 Å². The monoisotopic (exact) mass is 161 g/mol. The Bertz CT molecular complexity index is 378. The predicted molar refractivity (Wildman–Crippen MR) is 48.8 cm³/mol. The zero-order chi connectivity index (χ0) is 8.39. The van der Waals surface area contributed by atoms with Gasteiger partial charge in [0.05, 0.1) is 5.52 Å². The normalized spacial score (nSPS) is 10.8. The van der Waals surface area contributed by atoms with Gasteiger partial charge >= 0.3 is 0 Å². The average molecular weight is 161 g/mol. The van der Waals surface area contributed by atoms with Gasteiger partial charge < -0.3 is 10.3 Å². The summed E-state index contributed by atoms with van der Waals surface area (Å²) >= 11 is 0. The largest absolute Gasteiger partial charge is 0.346 e. The summed E-state index contributed by atoms with van der Waals surface area (Å²) < 4.78 is 2.14. The number of nitrogens with two attached hydrogens (primary N) is 1. The standard InChI is InChI=1S/C9H11N3/c10-3-6-12-5-2-8-7-11-4-1-9(8)12/h1-2,4-5,7H,3,6,10H2. The van der Waals surface area contributed by atoms with Gasteiger partial charge in [0, 0.05) is 37.1 Å². The molecule has 62 valence electrons. The third kappa shape index (κ3) is 1.08. The summed E-state index contributed by atoms with van der Waals surface area (Å²) in [6.07, 6.45) is 5.71. The third-order valence-electron chi connectivity index (χ3n) is 1.94. The van der Waals surface area contributed by atoms with E-state index in [1.807, 2.05) is 18.5 Å². The molecule has 2 aromatic rings. The van der Waals surface area contributed by atoms with Gasteiger partial charge in [0.2, 0.25) is 0 Å².